The van der Waals surface area contributed by atoms with Gasteiger partial charge in [0.25, 0.3) is 17.6 Å². The van der Waals surface area contributed by atoms with Gasteiger partial charge in [0.05, 0.1) is 11.1 Å². The Morgan fingerprint density at radius 2 is 1.59 bits per heavy atom. The Bertz CT molecular complexity index is 920. The molecule has 0 bridgehead atoms. The summed E-state index contributed by atoms with van der Waals surface area (Å²) < 4.78 is 10.1. The maximum Gasteiger partial charge on any atom is 0.350 e. The Balaban J connectivity index is 1.54. The minimum absolute atomic E-state index is 0.0511. The molecule has 1 saturated carbocycles. The van der Waals surface area contributed by atoms with Crippen LogP contribution in [0.15, 0.2) is 30.0 Å². The first-order valence-electron chi connectivity index (χ1n) is 9.72. The SMILES string of the molecule is CC1(C)OC(=O)C(=CNc2ccc3c(c2)C(=O)N(C2CCCCC2)C3=O)C(=O)O1. The first-order valence-corrected chi connectivity index (χ1v) is 9.72. The largest absolute Gasteiger partial charge is 0.419 e. The molecular formula is C21H22N2O6. The fourth-order valence-electron chi connectivity index (χ4n) is 3.95. The highest BCUT2D eigenvalue weighted by Gasteiger charge is 2.41. The Morgan fingerprint density at radius 1 is 0.966 bits per heavy atom. The lowest BCUT2D eigenvalue weighted by Gasteiger charge is -2.29. The molecule has 1 aliphatic carbocycles. The highest BCUT2D eigenvalue weighted by atomic mass is 16.7. The zero-order chi connectivity index (χ0) is 20.8. The predicted octanol–water partition coefficient (Wildman–Crippen LogP) is 2.75. The molecule has 1 aromatic rings. The molecule has 1 aromatic carbocycles. The number of imide groups is 1. The van der Waals surface area contributed by atoms with E-state index in [1.54, 1.807) is 18.2 Å². The first-order chi connectivity index (χ1) is 13.8. The average molecular weight is 398 g/mol. The number of fused-ring (bicyclic) bond motifs is 1. The van der Waals surface area contributed by atoms with E-state index in [0.29, 0.717) is 16.8 Å². The molecule has 0 spiro atoms. The smallest absolute Gasteiger partial charge is 0.350 e. The number of hydrogen-bond donors (Lipinski definition) is 1. The van der Waals surface area contributed by atoms with Crippen molar-refractivity contribution in [2.24, 2.45) is 0 Å². The third kappa shape index (κ3) is 3.50. The van der Waals surface area contributed by atoms with E-state index in [9.17, 15) is 19.2 Å². The van der Waals surface area contributed by atoms with Gasteiger partial charge in [0.2, 0.25) is 0 Å². The van der Waals surface area contributed by atoms with Crippen molar-refractivity contribution in [2.75, 3.05) is 5.32 Å². The monoisotopic (exact) mass is 398 g/mol. The zero-order valence-corrected chi connectivity index (χ0v) is 16.3. The van der Waals surface area contributed by atoms with Crippen LogP contribution in [0.1, 0.15) is 66.7 Å². The van der Waals surface area contributed by atoms with Gasteiger partial charge in [-0.25, -0.2) is 9.59 Å². The maximum absolute atomic E-state index is 12.9. The molecule has 2 fully saturated rings. The number of esters is 2. The van der Waals surface area contributed by atoms with E-state index in [0.717, 1.165) is 32.1 Å². The van der Waals surface area contributed by atoms with Crippen molar-refractivity contribution in [3.05, 3.63) is 41.1 Å². The van der Waals surface area contributed by atoms with Crippen LogP contribution in [0.2, 0.25) is 0 Å². The van der Waals surface area contributed by atoms with Gasteiger partial charge in [-0.2, -0.15) is 0 Å². The topological polar surface area (TPSA) is 102 Å². The van der Waals surface area contributed by atoms with Crippen molar-refractivity contribution in [1.82, 2.24) is 4.90 Å². The number of amides is 2. The van der Waals surface area contributed by atoms with Crippen molar-refractivity contribution in [1.29, 1.82) is 0 Å². The van der Waals surface area contributed by atoms with Gasteiger partial charge in [-0.15, -0.1) is 0 Å². The van der Waals surface area contributed by atoms with Crippen LogP contribution in [0.4, 0.5) is 5.69 Å². The molecule has 8 nitrogen and oxygen atoms in total. The number of hydrogen-bond acceptors (Lipinski definition) is 7. The number of ether oxygens (including phenoxy) is 2. The molecule has 3 aliphatic rings. The third-order valence-electron chi connectivity index (χ3n) is 5.36. The quantitative estimate of drug-likeness (QED) is 0.361. The fourth-order valence-corrected chi connectivity index (χ4v) is 3.95. The van der Waals surface area contributed by atoms with Crippen LogP contribution in [0, 0.1) is 0 Å². The number of anilines is 1. The molecule has 4 rings (SSSR count). The number of carbonyl (C=O) groups is 4. The van der Waals surface area contributed by atoms with Crippen molar-refractivity contribution < 1.29 is 28.7 Å². The van der Waals surface area contributed by atoms with Crippen molar-refractivity contribution >= 4 is 29.4 Å². The summed E-state index contributed by atoms with van der Waals surface area (Å²) in [6.45, 7) is 2.93. The van der Waals surface area contributed by atoms with E-state index < -0.39 is 17.7 Å². The lowest BCUT2D eigenvalue weighted by Crippen LogP contribution is -2.42. The summed E-state index contributed by atoms with van der Waals surface area (Å²) in [4.78, 5) is 51.0. The molecule has 1 saturated heterocycles. The molecular weight excluding hydrogens is 376 g/mol. The summed E-state index contributed by atoms with van der Waals surface area (Å²) in [5.41, 5.74) is 0.875. The Morgan fingerprint density at radius 3 is 2.24 bits per heavy atom. The van der Waals surface area contributed by atoms with Crippen LogP contribution in [0.25, 0.3) is 0 Å². The molecule has 8 heteroatoms. The van der Waals surface area contributed by atoms with E-state index >= 15 is 0 Å². The minimum Gasteiger partial charge on any atom is -0.419 e. The van der Waals surface area contributed by atoms with Gasteiger partial charge in [-0.1, -0.05) is 19.3 Å². The number of nitrogens with zero attached hydrogens (tertiary/aromatic N) is 1. The van der Waals surface area contributed by atoms with Crippen molar-refractivity contribution in [2.45, 2.75) is 57.8 Å². The number of rotatable bonds is 3. The second-order valence-corrected chi connectivity index (χ2v) is 7.91. The van der Waals surface area contributed by atoms with Crippen LogP contribution in [0.3, 0.4) is 0 Å². The molecule has 1 N–H and O–H groups in total. The summed E-state index contributed by atoms with van der Waals surface area (Å²) >= 11 is 0. The number of cyclic esters (lactones) is 2. The minimum atomic E-state index is -1.31. The molecule has 2 aliphatic heterocycles. The standard InChI is InChI=1S/C21H22N2O6/c1-21(2)28-19(26)16(20(27)29-21)11-22-12-8-9-14-15(10-12)18(25)23(17(14)24)13-6-4-3-5-7-13/h8-11,13,22H,3-7H2,1-2H3. The van der Waals surface area contributed by atoms with E-state index in [1.807, 2.05) is 0 Å². The zero-order valence-electron chi connectivity index (χ0n) is 16.3. The van der Waals surface area contributed by atoms with Crippen LogP contribution >= 0.6 is 0 Å². The molecule has 2 amide bonds. The number of benzene rings is 1. The molecule has 0 radical (unpaired) electrons. The molecule has 0 atom stereocenters. The molecule has 2 heterocycles. The highest BCUT2D eigenvalue weighted by Crippen LogP contribution is 2.32. The molecule has 152 valence electrons. The van der Waals surface area contributed by atoms with Gasteiger partial charge < -0.3 is 14.8 Å². The Kier molecular flexibility index (Phi) is 4.64. The van der Waals surface area contributed by atoms with Gasteiger partial charge in [-0.3, -0.25) is 14.5 Å². The maximum atomic E-state index is 12.9. The second kappa shape index (κ2) is 7.02. The summed E-state index contributed by atoms with van der Waals surface area (Å²) in [5, 5.41) is 2.82. The van der Waals surface area contributed by atoms with E-state index in [1.165, 1.54) is 24.9 Å². The second-order valence-electron chi connectivity index (χ2n) is 7.91. The van der Waals surface area contributed by atoms with Gasteiger partial charge in [-0.05, 0) is 31.0 Å². The third-order valence-corrected chi connectivity index (χ3v) is 5.36. The van der Waals surface area contributed by atoms with Crippen molar-refractivity contribution in [3.8, 4) is 0 Å². The van der Waals surface area contributed by atoms with Crippen LogP contribution in [0.5, 0.6) is 0 Å². The van der Waals surface area contributed by atoms with Crippen LogP contribution < -0.4 is 5.32 Å². The first kappa shape index (κ1) is 19.2. The normalized spacial score (nSPS) is 21.6. The summed E-state index contributed by atoms with van der Waals surface area (Å²) in [5.74, 6) is -3.46. The Labute approximate surface area is 167 Å². The molecule has 29 heavy (non-hydrogen) atoms. The summed E-state index contributed by atoms with van der Waals surface area (Å²) in [7, 11) is 0. The summed E-state index contributed by atoms with van der Waals surface area (Å²) in [6.07, 6.45) is 6.02. The lowest BCUT2D eigenvalue weighted by atomic mass is 9.94. The molecule has 0 aromatic heterocycles. The van der Waals surface area contributed by atoms with Crippen molar-refractivity contribution in [3.63, 3.8) is 0 Å². The molecule has 0 unspecified atom stereocenters. The van der Waals surface area contributed by atoms with E-state index in [-0.39, 0.29) is 23.4 Å². The number of carbonyl (C=O) groups excluding carboxylic acids is 4. The van der Waals surface area contributed by atoms with Crippen LogP contribution in [-0.4, -0.2) is 40.5 Å². The van der Waals surface area contributed by atoms with Gasteiger partial charge in [0.1, 0.15) is 0 Å². The van der Waals surface area contributed by atoms with E-state index in [2.05, 4.69) is 5.32 Å². The van der Waals surface area contributed by atoms with Gasteiger partial charge >= 0.3 is 11.9 Å². The predicted molar refractivity (Wildman–Crippen MR) is 102 cm³/mol. The van der Waals surface area contributed by atoms with Gasteiger partial charge in [0.15, 0.2) is 5.57 Å². The Hall–Kier alpha value is -3.16. The highest BCUT2D eigenvalue weighted by molar-refractivity contribution is 6.22. The lowest BCUT2D eigenvalue weighted by molar-refractivity contribution is -0.222. The fraction of sp³-hybridized carbons (Fsp3) is 0.429. The van der Waals surface area contributed by atoms with E-state index in [4.69, 9.17) is 9.47 Å². The van der Waals surface area contributed by atoms with Crippen LogP contribution in [-0.2, 0) is 19.1 Å². The van der Waals surface area contributed by atoms with Gasteiger partial charge in [0, 0.05) is 31.8 Å². The summed E-state index contributed by atoms with van der Waals surface area (Å²) in [6, 6.07) is 4.71. The number of nitrogens with one attached hydrogen (secondary N) is 1. The average Bonchev–Trinajstić information content (AvgIpc) is 2.91.